The highest BCUT2D eigenvalue weighted by Gasteiger charge is 2.45. The zero-order valence-electron chi connectivity index (χ0n) is 12.4. The molecular formula is C19H20N2. The van der Waals surface area contributed by atoms with Gasteiger partial charge in [0.05, 0.1) is 11.4 Å². The predicted octanol–water partition coefficient (Wildman–Crippen LogP) is 3.78. The Hall–Kier alpha value is -1.93. The Labute approximate surface area is 126 Å². The van der Waals surface area contributed by atoms with E-state index in [1.807, 2.05) is 0 Å². The van der Waals surface area contributed by atoms with Crippen LogP contribution in [0.5, 0.6) is 0 Å². The summed E-state index contributed by atoms with van der Waals surface area (Å²) in [6.07, 6.45) is 2.32. The van der Waals surface area contributed by atoms with Crippen molar-refractivity contribution < 1.29 is 0 Å². The Bertz CT molecular complexity index is 680. The normalized spacial score (nSPS) is 20.3. The van der Waals surface area contributed by atoms with E-state index in [1.54, 1.807) is 0 Å². The summed E-state index contributed by atoms with van der Waals surface area (Å²) in [6.45, 7) is 2.28. The predicted molar refractivity (Wildman–Crippen MR) is 87.5 cm³/mol. The first-order valence-corrected chi connectivity index (χ1v) is 7.72. The maximum Gasteiger partial charge on any atom is 0.0675 e. The van der Waals surface area contributed by atoms with Gasteiger partial charge in [-0.2, -0.15) is 0 Å². The van der Waals surface area contributed by atoms with Gasteiger partial charge in [0.25, 0.3) is 0 Å². The molecule has 1 fully saturated rings. The minimum atomic E-state index is 0.116. The quantitative estimate of drug-likeness (QED) is 0.774. The van der Waals surface area contributed by atoms with E-state index in [0.717, 1.165) is 25.9 Å². The molecule has 0 bridgehead atoms. The number of hydrogen-bond donors (Lipinski definition) is 0. The van der Waals surface area contributed by atoms with Crippen LogP contribution in [0.4, 0.5) is 5.69 Å². The van der Waals surface area contributed by atoms with Gasteiger partial charge in [-0.1, -0.05) is 48.5 Å². The maximum absolute atomic E-state index is 5.02. The summed E-state index contributed by atoms with van der Waals surface area (Å²) in [7, 11) is 2.22. The van der Waals surface area contributed by atoms with Crippen molar-refractivity contribution in [3.8, 4) is 0 Å². The van der Waals surface area contributed by atoms with E-state index in [4.69, 9.17) is 4.99 Å². The molecule has 1 spiro atoms. The Balaban J connectivity index is 1.86. The van der Waals surface area contributed by atoms with Crippen molar-refractivity contribution >= 4 is 11.4 Å². The van der Waals surface area contributed by atoms with Gasteiger partial charge in [0.15, 0.2) is 0 Å². The van der Waals surface area contributed by atoms with Crippen molar-refractivity contribution in [2.45, 2.75) is 18.3 Å². The summed E-state index contributed by atoms with van der Waals surface area (Å²) in [5.74, 6) is 0. The highest BCUT2D eigenvalue weighted by Crippen LogP contribution is 2.48. The van der Waals surface area contributed by atoms with E-state index in [-0.39, 0.29) is 5.41 Å². The standard InChI is InChI=1S/C19H20N2/c1-21-13-11-19(12-14-21)16-9-5-6-10-17(16)20-18(19)15-7-3-2-4-8-15/h2-10H,11-14H2,1H3. The number of para-hydroxylation sites is 1. The summed E-state index contributed by atoms with van der Waals surface area (Å²) in [6, 6.07) is 19.4. The van der Waals surface area contributed by atoms with Crippen molar-refractivity contribution in [2.24, 2.45) is 4.99 Å². The van der Waals surface area contributed by atoms with Crippen LogP contribution in [0, 0.1) is 0 Å². The number of aliphatic imine (C=N–C) groups is 1. The van der Waals surface area contributed by atoms with Gasteiger partial charge in [-0.25, -0.2) is 0 Å². The third kappa shape index (κ3) is 1.94. The lowest BCUT2D eigenvalue weighted by Crippen LogP contribution is -2.44. The number of hydrogen-bond acceptors (Lipinski definition) is 2. The number of likely N-dealkylation sites (tertiary alicyclic amines) is 1. The van der Waals surface area contributed by atoms with Crippen LogP contribution < -0.4 is 0 Å². The van der Waals surface area contributed by atoms with Crippen LogP contribution in [-0.2, 0) is 5.41 Å². The second kappa shape index (κ2) is 4.81. The molecule has 0 radical (unpaired) electrons. The van der Waals surface area contributed by atoms with Gasteiger partial charge < -0.3 is 4.90 Å². The molecule has 0 atom stereocenters. The van der Waals surface area contributed by atoms with E-state index < -0.39 is 0 Å². The SMILES string of the molecule is CN1CCC2(CC1)C(c1ccccc1)=Nc1ccccc12. The van der Waals surface area contributed by atoms with E-state index in [2.05, 4.69) is 66.5 Å². The minimum absolute atomic E-state index is 0.116. The van der Waals surface area contributed by atoms with Crippen LogP contribution in [0.15, 0.2) is 59.6 Å². The maximum atomic E-state index is 5.02. The topological polar surface area (TPSA) is 15.6 Å². The summed E-state index contributed by atoms with van der Waals surface area (Å²) in [5.41, 5.74) is 5.26. The lowest BCUT2D eigenvalue weighted by Gasteiger charge is -2.39. The van der Waals surface area contributed by atoms with Gasteiger partial charge in [-0.15, -0.1) is 0 Å². The molecule has 2 aliphatic rings. The fourth-order valence-corrected chi connectivity index (χ4v) is 3.77. The number of rotatable bonds is 1. The first-order valence-electron chi connectivity index (χ1n) is 7.72. The number of fused-ring (bicyclic) bond motifs is 2. The molecule has 1 saturated heterocycles. The first-order chi connectivity index (χ1) is 10.3. The van der Waals surface area contributed by atoms with Gasteiger partial charge in [-0.3, -0.25) is 4.99 Å². The highest BCUT2D eigenvalue weighted by atomic mass is 15.1. The van der Waals surface area contributed by atoms with E-state index >= 15 is 0 Å². The van der Waals surface area contributed by atoms with Gasteiger partial charge in [-0.05, 0) is 50.2 Å². The van der Waals surface area contributed by atoms with Crippen LogP contribution in [0.1, 0.15) is 24.0 Å². The molecule has 106 valence electrons. The van der Waals surface area contributed by atoms with Gasteiger partial charge in [0.1, 0.15) is 0 Å². The Kier molecular flexibility index (Phi) is 2.93. The summed E-state index contributed by atoms with van der Waals surface area (Å²) in [4.78, 5) is 7.45. The molecule has 2 aromatic carbocycles. The second-order valence-corrected chi connectivity index (χ2v) is 6.23. The van der Waals surface area contributed by atoms with E-state index in [9.17, 15) is 0 Å². The molecule has 21 heavy (non-hydrogen) atoms. The summed E-state index contributed by atoms with van der Waals surface area (Å²) >= 11 is 0. The minimum Gasteiger partial charge on any atom is -0.306 e. The van der Waals surface area contributed by atoms with Crippen molar-refractivity contribution in [3.05, 3.63) is 65.7 Å². The molecule has 0 saturated carbocycles. The van der Waals surface area contributed by atoms with E-state index in [0.29, 0.717) is 0 Å². The average molecular weight is 276 g/mol. The van der Waals surface area contributed by atoms with Crippen molar-refractivity contribution in [1.29, 1.82) is 0 Å². The summed E-state index contributed by atoms with van der Waals surface area (Å²) < 4.78 is 0. The Morgan fingerprint density at radius 3 is 2.33 bits per heavy atom. The van der Waals surface area contributed by atoms with Crippen LogP contribution in [0.25, 0.3) is 0 Å². The first kappa shape index (κ1) is 12.8. The molecule has 2 heterocycles. The van der Waals surface area contributed by atoms with Crippen molar-refractivity contribution in [2.75, 3.05) is 20.1 Å². The smallest absolute Gasteiger partial charge is 0.0675 e. The molecule has 0 amide bonds. The fraction of sp³-hybridized carbons (Fsp3) is 0.316. The zero-order chi connectivity index (χ0) is 14.3. The van der Waals surface area contributed by atoms with E-state index in [1.165, 1.54) is 22.5 Å². The molecule has 2 heteroatoms. The Morgan fingerprint density at radius 1 is 0.905 bits per heavy atom. The van der Waals surface area contributed by atoms with Crippen LogP contribution in [0.2, 0.25) is 0 Å². The molecule has 0 aliphatic carbocycles. The zero-order valence-corrected chi connectivity index (χ0v) is 12.4. The molecule has 0 aromatic heterocycles. The lowest BCUT2D eigenvalue weighted by atomic mass is 9.69. The molecule has 2 nitrogen and oxygen atoms in total. The largest absolute Gasteiger partial charge is 0.306 e. The second-order valence-electron chi connectivity index (χ2n) is 6.23. The average Bonchev–Trinajstić information content (AvgIpc) is 2.86. The van der Waals surface area contributed by atoms with Gasteiger partial charge in [0, 0.05) is 5.41 Å². The fourth-order valence-electron chi connectivity index (χ4n) is 3.77. The van der Waals surface area contributed by atoms with Crippen molar-refractivity contribution in [1.82, 2.24) is 4.90 Å². The highest BCUT2D eigenvalue weighted by molar-refractivity contribution is 6.12. The monoisotopic (exact) mass is 276 g/mol. The Morgan fingerprint density at radius 2 is 1.57 bits per heavy atom. The molecule has 0 unspecified atom stereocenters. The molecule has 2 aliphatic heterocycles. The van der Waals surface area contributed by atoms with Crippen LogP contribution >= 0.6 is 0 Å². The lowest BCUT2D eigenvalue weighted by molar-refractivity contribution is 0.230. The third-order valence-corrected chi connectivity index (χ3v) is 4.99. The van der Waals surface area contributed by atoms with Gasteiger partial charge >= 0.3 is 0 Å². The number of benzene rings is 2. The van der Waals surface area contributed by atoms with Crippen LogP contribution in [0.3, 0.4) is 0 Å². The van der Waals surface area contributed by atoms with Crippen LogP contribution in [-0.4, -0.2) is 30.7 Å². The number of piperidine rings is 1. The summed E-state index contributed by atoms with van der Waals surface area (Å²) in [5, 5.41) is 0. The van der Waals surface area contributed by atoms with Gasteiger partial charge in [0.2, 0.25) is 0 Å². The molecule has 4 rings (SSSR count). The molecule has 0 N–H and O–H groups in total. The molecule has 2 aromatic rings. The number of nitrogens with zero attached hydrogens (tertiary/aromatic N) is 2. The third-order valence-electron chi connectivity index (χ3n) is 4.99. The molecular weight excluding hydrogens is 256 g/mol. The van der Waals surface area contributed by atoms with Crippen molar-refractivity contribution in [3.63, 3.8) is 0 Å².